The van der Waals surface area contributed by atoms with Crippen molar-refractivity contribution >= 4 is 46.6 Å². The van der Waals surface area contributed by atoms with Gasteiger partial charge in [-0.15, -0.1) is 0 Å². The van der Waals surface area contributed by atoms with Crippen LogP contribution in [0.5, 0.6) is 0 Å². The zero-order valence-corrected chi connectivity index (χ0v) is 25.4. The van der Waals surface area contributed by atoms with Crippen molar-refractivity contribution in [2.75, 3.05) is 18.0 Å². The van der Waals surface area contributed by atoms with E-state index in [0.29, 0.717) is 28.6 Å². The highest BCUT2D eigenvalue weighted by Crippen LogP contribution is 2.43. The molecule has 1 saturated heterocycles. The molecule has 9 heteroatoms. The quantitative estimate of drug-likeness (QED) is 0.173. The third kappa shape index (κ3) is 6.59. The minimum atomic E-state index is -0.753. The van der Waals surface area contributed by atoms with E-state index in [-0.39, 0.29) is 17.0 Å². The summed E-state index contributed by atoms with van der Waals surface area (Å²) in [5, 5.41) is 11.5. The molecule has 0 amide bonds. The number of anilines is 1. The average Bonchev–Trinajstić information content (AvgIpc) is 3.45. The summed E-state index contributed by atoms with van der Waals surface area (Å²) in [4.78, 5) is 18.6. The number of carboxylic acid groups (broad SMARTS) is 1. The number of hydrogen-bond acceptors (Lipinski definition) is 4. The number of hydrogen-bond donors (Lipinski definition) is 1. The second-order valence-electron chi connectivity index (χ2n) is 10.5. The molecule has 1 aromatic heterocycles. The molecule has 6 rings (SSSR count). The van der Waals surface area contributed by atoms with Crippen LogP contribution in [0.2, 0.25) is 10.0 Å². The molecule has 0 aliphatic carbocycles. The van der Waals surface area contributed by atoms with Crippen LogP contribution in [0.1, 0.15) is 29.2 Å². The summed E-state index contributed by atoms with van der Waals surface area (Å²) in [6.07, 6.45) is 3.30. The normalized spacial score (nSPS) is 15.2. The minimum absolute atomic E-state index is 0.128. The van der Waals surface area contributed by atoms with Crippen LogP contribution in [0.25, 0.3) is 16.9 Å². The lowest BCUT2D eigenvalue weighted by Crippen LogP contribution is -2.38. The van der Waals surface area contributed by atoms with E-state index in [2.05, 4.69) is 4.90 Å². The fourth-order valence-electron chi connectivity index (χ4n) is 5.45. The first-order chi connectivity index (χ1) is 20.9. The lowest BCUT2D eigenvalue weighted by Gasteiger charge is -2.32. The van der Waals surface area contributed by atoms with Gasteiger partial charge in [-0.3, -0.25) is 9.36 Å². The SMILES string of the molecule is O=C(O)C1CCCN(c2ccc(-n3c(-c4cccc(F)c4)cnc3SC(c3ccc(Cl)cc3)c3ccc(Cl)cc3)cc2)C1. The molecule has 0 bridgehead atoms. The largest absolute Gasteiger partial charge is 0.481 e. The number of carbonyl (C=O) groups is 1. The summed E-state index contributed by atoms with van der Waals surface area (Å²) in [6, 6.07) is 30.1. The van der Waals surface area contributed by atoms with Gasteiger partial charge in [-0.05, 0) is 84.6 Å². The first-order valence-corrected chi connectivity index (χ1v) is 15.6. The van der Waals surface area contributed by atoms with E-state index in [1.165, 1.54) is 12.1 Å². The van der Waals surface area contributed by atoms with Crippen molar-refractivity contribution in [3.63, 3.8) is 0 Å². The number of halogens is 3. The maximum atomic E-state index is 14.4. The summed E-state index contributed by atoms with van der Waals surface area (Å²) in [7, 11) is 0. The van der Waals surface area contributed by atoms with Gasteiger partial charge in [-0.2, -0.15) is 0 Å². The Labute approximate surface area is 263 Å². The number of benzene rings is 4. The molecule has 0 radical (unpaired) electrons. The number of nitrogens with zero attached hydrogens (tertiary/aromatic N) is 3. The van der Waals surface area contributed by atoms with Crippen LogP contribution in [0.4, 0.5) is 10.1 Å². The number of rotatable bonds is 8. The number of carboxylic acids is 1. The fourth-order valence-corrected chi connectivity index (χ4v) is 6.93. The third-order valence-electron chi connectivity index (χ3n) is 7.66. The van der Waals surface area contributed by atoms with Crippen molar-refractivity contribution in [1.29, 1.82) is 0 Å². The molecule has 5 aromatic rings. The molecule has 1 fully saturated rings. The predicted molar refractivity (Wildman–Crippen MR) is 172 cm³/mol. The number of piperidine rings is 1. The van der Waals surface area contributed by atoms with Gasteiger partial charge >= 0.3 is 5.97 Å². The lowest BCUT2D eigenvalue weighted by atomic mass is 9.98. The number of aromatic nitrogens is 2. The molecule has 1 atom stereocenters. The lowest BCUT2D eigenvalue weighted by molar-refractivity contribution is -0.141. The molecule has 218 valence electrons. The predicted octanol–water partition coefficient (Wildman–Crippen LogP) is 9.17. The third-order valence-corrected chi connectivity index (χ3v) is 9.45. The minimum Gasteiger partial charge on any atom is -0.481 e. The van der Waals surface area contributed by atoms with E-state index < -0.39 is 5.97 Å². The molecule has 1 unspecified atom stereocenters. The summed E-state index contributed by atoms with van der Waals surface area (Å²) in [5.74, 6) is -1.45. The molecular weight excluding hydrogens is 604 g/mol. The number of thioether (sulfide) groups is 1. The van der Waals surface area contributed by atoms with Crippen LogP contribution < -0.4 is 4.90 Å². The number of imidazole rings is 1. The van der Waals surface area contributed by atoms with Gasteiger partial charge < -0.3 is 10.0 Å². The van der Waals surface area contributed by atoms with E-state index in [1.54, 1.807) is 24.0 Å². The first-order valence-electron chi connectivity index (χ1n) is 13.9. The second kappa shape index (κ2) is 12.8. The maximum absolute atomic E-state index is 14.4. The van der Waals surface area contributed by atoms with Gasteiger partial charge in [0.05, 0.1) is 23.1 Å². The van der Waals surface area contributed by atoms with E-state index >= 15 is 0 Å². The van der Waals surface area contributed by atoms with Gasteiger partial charge in [-0.1, -0.05) is 71.4 Å². The maximum Gasteiger partial charge on any atom is 0.308 e. The van der Waals surface area contributed by atoms with Crippen LogP contribution in [-0.4, -0.2) is 33.7 Å². The van der Waals surface area contributed by atoms with Crippen LogP contribution in [0.15, 0.2) is 108 Å². The average molecular weight is 633 g/mol. The van der Waals surface area contributed by atoms with Crippen LogP contribution in [0, 0.1) is 11.7 Å². The van der Waals surface area contributed by atoms with E-state index in [4.69, 9.17) is 28.2 Å². The zero-order chi connectivity index (χ0) is 29.9. The Morgan fingerprint density at radius 2 is 1.53 bits per heavy atom. The van der Waals surface area contributed by atoms with Gasteiger partial charge in [0.15, 0.2) is 5.16 Å². The Kier molecular flexibility index (Phi) is 8.75. The monoisotopic (exact) mass is 631 g/mol. The Morgan fingerprint density at radius 1 is 0.907 bits per heavy atom. The van der Waals surface area contributed by atoms with Crippen LogP contribution in [0.3, 0.4) is 0 Å². The molecular formula is C34H28Cl2FN3O2S. The van der Waals surface area contributed by atoms with E-state index in [0.717, 1.165) is 46.3 Å². The molecule has 1 aliphatic rings. The summed E-state index contributed by atoms with van der Waals surface area (Å²) in [5.41, 5.74) is 5.39. The van der Waals surface area contributed by atoms with Crippen molar-refractivity contribution in [2.24, 2.45) is 5.92 Å². The van der Waals surface area contributed by atoms with Crippen molar-refractivity contribution in [2.45, 2.75) is 23.2 Å². The van der Waals surface area contributed by atoms with Crippen LogP contribution >= 0.6 is 35.0 Å². The zero-order valence-electron chi connectivity index (χ0n) is 23.0. The molecule has 4 aromatic carbocycles. The smallest absolute Gasteiger partial charge is 0.308 e. The van der Waals surface area contributed by atoms with E-state index in [9.17, 15) is 14.3 Å². The molecule has 2 heterocycles. The summed E-state index contributed by atoms with van der Waals surface area (Å²) in [6.45, 7) is 1.30. The van der Waals surface area contributed by atoms with Gasteiger partial charge in [-0.25, -0.2) is 9.37 Å². The van der Waals surface area contributed by atoms with Crippen LogP contribution in [-0.2, 0) is 4.79 Å². The Morgan fingerprint density at radius 3 is 2.14 bits per heavy atom. The van der Waals surface area contributed by atoms with Gasteiger partial charge in [0, 0.05) is 40.1 Å². The molecule has 1 aliphatic heterocycles. The molecule has 43 heavy (non-hydrogen) atoms. The van der Waals surface area contributed by atoms with Crippen molar-refractivity contribution in [3.8, 4) is 16.9 Å². The first kappa shape index (κ1) is 29.3. The molecule has 0 spiro atoms. The topological polar surface area (TPSA) is 58.4 Å². The Hall–Kier alpha value is -3.78. The summed E-state index contributed by atoms with van der Waals surface area (Å²) < 4.78 is 16.4. The van der Waals surface area contributed by atoms with Gasteiger partial charge in [0.2, 0.25) is 0 Å². The highest BCUT2D eigenvalue weighted by atomic mass is 35.5. The van der Waals surface area contributed by atoms with Gasteiger partial charge in [0.1, 0.15) is 5.82 Å². The molecule has 5 nitrogen and oxygen atoms in total. The Bertz CT molecular complexity index is 1680. The number of aliphatic carboxylic acids is 1. The van der Waals surface area contributed by atoms with Crippen molar-refractivity contribution in [3.05, 3.63) is 130 Å². The van der Waals surface area contributed by atoms with E-state index in [1.807, 2.05) is 83.4 Å². The highest BCUT2D eigenvalue weighted by Gasteiger charge is 2.26. The van der Waals surface area contributed by atoms with Crippen molar-refractivity contribution in [1.82, 2.24) is 9.55 Å². The van der Waals surface area contributed by atoms with Gasteiger partial charge in [0.25, 0.3) is 0 Å². The molecule has 1 N–H and O–H groups in total. The Balaban J connectivity index is 1.41. The fraction of sp³-hybridized carbons (Fsp3) is 0.176. The standard InChI is InChI=1S/C34H28Cl2FN3O2S/c35-26-10-6-22(7-11-26)32(23-8-12-27(36)13-9-23)43-34-38-20-31(24-3-1-5-28(37)19-24)40(34)30-16-14-29(15-17-30)39-18-2-4-25(21-39)33(41)42/h1,3,5-17,19-20,25,32H,2,4,18,21H2,(H,41,42). The molecule has 0 saturated carbocycles. The highest BCUT2D eigenvalue weighted by molar-refractivity contribution is 7.99. The summed E-state index contributed by atoms with van der Waals surface area (Å²) >= 11 is 14.0. The second-order valence-corrected chi connectivity index (χ2v) is 12.5. The van der Waals surface area contributed by atoms with Crippen molar-refractivity contribution < 1.29 is 14.3 Å².